The Balaban J connectivity index is 1.14. The number of nitrogens with zero attached hydrogens (tertiary/aromatic N) is 3. The molecule has 0 spiro atoms. The normalized spacial score (nSPS) is 32.5. The van der Waals surface area contributed by atoms with Crippen LogP contribution >= 0.6 is 0 Å². The number of aromatic nitrogens is 1. The van der Waals surface area contributed by atoms with E-state index in [0.717, 1.165) is 43.4 Å². The minimum absolute atomic E-state index is 0.0109. The van der Waals surface area contributed by atoms with E-state index in [1.54, 1.807) is 13.8 Å². The van der Waals surface area contributed by atoms with E-state index < -0.39 is 17.0 Å². The highest BCUT2D eigenvalue weighted by Gasteiger charge is 2.55. The molecule has 2 aromatic rings. The van der Waals surface area contributed by atoms with Crippen molar-refractivity contribution in [3.05, 3.63) is 53.5 Å². The Kier molecular flexibility index (Phi) is 6.18. The zero-order valence-corrected chi connectivity index (χ0v) is 22.5. The summed E-state index contributed by atoms with van der Waals surface area (Å²) in [6.45, 7) is 7.55. The molecule has 38 heavy (non-hydrogen) atoms. The Labute approximate surface area is 224 Å². The fraction of sp³-hybridized carbons (Fsp3) is 0.600. The van der Waals surface area contributed by atoms with Gasteiger partial charge in [0, 0.05) is 37.4 Å². The molecule has 5 aliphatic rings. The number of hydrogen-bond acceptors (Lipinski definition) is 6. The molecule has 1 amide bonds. The van der Waals surface area contributed by atoms with Crippen LogP contribution in [-0.2, 0) is 5.60 Å². The highest BCUT2D eigenvalue weighted by Crippen LogP contribution is 2.55. The molecule has 3 unspecified atom stereocenters. The summed E-state index contributed by atoms with van der Waals surface area (Å²) >= 11 is 0. The lowest BCUT2D eigenvalue weighted by atomic mass is 9.52. The Morgan fingerprint density at radius 1 is 1.08 bits per heavy atom. The second kappa shape index (κ2) is 9.19. The average molecular weight is 523 g/mol. The number of rotatable bonds is 5. The summed E-state index contributed by atoms with van der Waals surface area (Å²) in [6, 6.07) is 10.8. The fourth-order valence-electron chi connectivity index (χ4n) is 7.79. The van der Waals surface area contributed by atoms with Crippen molar-refractivity contribution in [2.24, 2.45) is 17.8 Å². The predicted octanol–water partition coefficient (Wildman–Crippen LogP) is 3.83. The Morgan fingerprint density at radius 3 is 2.37 bits per heavy atom. The van der Waals surface area contributed by atoms with E-state index >= 15 is 4.39 Å². The molecule has 3 N–H and O–H groups in total. The van der Waals surface area contributed by atoms with Gasteiger partial charge in [0.15, 0.2) is 11.6 Å². The van der Waals surface area contributed by atoms with Crippen molar-refractivity contribution >= 4 is 17.4 Å². The Hall–Kier alpha value is -2.71. The second-order valence-electron chi connectivity index (χ2n) is 12.8. The van der Waals surface area contributed by atoms with E-state index in [1.165, 1.54) is 12.1 Å². The first-order valence-electron chi connectivity index (χ1n) is 14.0. The fourth-order valence-corrected chi connectivity index (χ4v) is 7.79. The maximum atomic E-state index is 15.0. The summed E-state index contributed by atoms with van der Waals surface area (Å²) in [4.78, 5) is 22.0. The van der Waals surface area contributed by atoms with E-state index in [1.807, 2.05) is 36.1 Å². The lowest BCUT2D eigenvalue weighted by molar-refractivity contribution is -0.136. The highest BCUT2D eigenvalue weighted by molar-refractivity contribution is 5.93. The number of pyridine rings is 1. The predicted molar refractivity (Wildman–Crippen MR) is 145 cm³/mol. The Bertz CT molecular complexity index is 1200. The van der Waals surface area contributed by atoms with Crippen LogP contribution in [0.1, 0.15) is 68.9 Å². The molecule has 7 rings (SSSR count). The molecule has 1 aromatic carbocycles. The first-order valence-corrected chi connectivity index (χ1v) is 14.0. The van der Waals surface area contributed by atoms with Gasteiger partial charge < -0.3 is 25.3 Å². The average Bonchev–Trinajstić information content (AvgIpc) is 2.85. The number of hydrogen-bond donors (Lipinski definition) is 3. The van der Waals surface area contributed by atoms with Crippen LogP contribution in [-0.4, -0.2) is 58.4 Å². The van der Waals surface area contributed by atoms with Gasteiger partial charge in [-0.15, -0.1) is 0 Å². The molecule has 1 saturated heterocycles. The van der Waals surface area contributed by atoms with Crippen molar-refractivity contribution < 1.29 is 19.4 Å². The SMILES string of the molecule is CC1CN(c2ccc(C(C)(C)O)cc2)CCN1c1nc(C(=O)NC2C3CC4CC2CC(O)(C4)C3)ccc1F. The Morgan fingerprint density at radius 2 is 1.76 bits per heavy atom. The molecule has 4 bridgehead atoms. The molecule has 0 radical (unpaired) electrons. The van der Waals surface area contributed by atoms with Gasteiger partial charge in [-0.3, -0.25) is 4.79 Å². The van der Waals surface area contributed by atoms with E-state index in [2.05, 4.69) is 15.2 Å². The quantitative estimate of drug-likeness (QED) is 0.553. The minimum atomic E-state index is -0.887. The van der Waals surface area contributed by atoms with Gasteiger partial charge in [0.05, 0.1) is 11.2 Å². The minimum Gasteiger partial charge on any atom is -0.390 e. The number of anilines is 2. The number of amides is 1. The van der Waals surface area contributed by atoms with Crippen LogP contribution in [0.3, 0.4) is 0 Å². The van der Waals surface area contributed by atoms with Crippen molar-refractivity contribution in [1.29, 1.82) is 0 Å². The third-order valence-corrected chi connectivity index (χ3v) is 9.44. The van der Waals surface area contributed by atoms with Crippen LogP contribution in [0.2, 0.25) is 0 Å². The van der Waals surface area contributed by atoms with Crippen LogP contribution < -0.4 is 15.1 Å². The van der Waals surface area contributed by atoms with Crippen molar-refractivity contribution in [2.75, 3.05) is 29.4 Å². The van der Waals surface area contributed by atoms with Gasteiger partial charge in [-0.2, -0.15) is 0 Å². The number of aliphatic hydroxyl groups is 2. The van der Waals surface area contributed by atoms with Crippen LogP contribution in [0.25, 0.3) is 0 Å². The summed E-state index contributed by atoms with van der Waals surface area (Å²) in [7, 11) is 0. The summed E-state index contributed by atoms with van der Waals surface area (Å²) in [5.41, 5.74) is 0.729. The number of carbonyl (C=O) groups is 1. The van der Waals surface area contributed by atoms with Gasteiger partial charge in [-0.25, -0.2) is 9.37 Å². The number of piperazine rings is 1. The molecular weight excluding hydrogens is 483 g/mol. The van der Waals surface area contributed by atoms with Crippen LogP contribution in [0.15, 0.2) is 36.4 Å². The monoisotopic (exact) mass is 522 g/mol. The lowest BCUT2D eigenvalue weighted by Crippen LogP contribution is -2.61. The van der Waals surface area contributed by atoms with E-state index in [-0.39, 0.29) is 29.5 Å². The molecule has 5 fully saturated rings. The summed E-state index contributed by atoms with van der Waals surface area (Å²) in [5, 5.41) is 24.3. The largest absolute Gasteiger partial charge is 0.390 e. The molecular formula is C30H39FN4O3. The molecule has 204 valence electrons. The maximum absolute atomic E-state index is 15.0. The van der Waals surface area contributed by atoms with Crippen LogP contribution in [0.4, 0.5) is 15.9 Å². The summed E-state index contributed by atoms with van der Waals surface area (Å²) < 4.78 is 15.0. The standard InChI is InChI=1S/C30H39FN4O3/c1-18-17-34(23-6-4-22(5-7-23)29(2,3)37)10-11-35(18)27-24(31)8-9-25(32-27)28(36)33-26-20-12-19-13-21(26)16-30(38,14-19)15-20/h4-9,18-21,26,37-38H,10-17H2,1-3H3,(H,33,36). The van der Waals surface area contributed by atoms with Gasteiger partial charge in [-0.05, 0) is 100 Å². The molecule has 3 atom stereocenters. The zero-order valence-electron chi connectivity index (χ0n) is 22.5. The molecule has 4 saturated carbocycles. The van der Waals surface area contributed by atoms with Crippen molar-refractivity contribution in [3.8, 4) is 0 Å². The third kappa shape index (κ3) is 4.66. The van der Waals surface area contributed by atoms with Crippen molar-refractivity contribution in [3.63, 3.8) is 0 Å². The molecule has 7 nitrogen and oxygen atoms in total. The zero-order chi connectivity index (χ0) is 26.8. The summed E-state index contributed by atoms with van der Waals surface area (Å²) in [5.74, 6) is 0.728. The van der Waals surface area contributed by atoms with Gasteiger partial charge >= 0.3 is 0 Å². The van der Waals surface area contributed by atoms with E-state index in [4.69, 9.17) is 0 Å². The molecule has 2 heterocycles. The van der Waals surface area contributed by atoms with Crippen LogP contribution in [0, 0.1) is 23.6 Å². The molecule has 8 heteroatoms. The van der Waals surface area contributed by atoms with Crippen molar-refractivity contribution in [1.82, 2.24) is 10.3 Å². The number of carbonyl (C=O) groups excluding carboxylic acids is 1. The van der Waals surface area contributed by atoms with Gasteiger partial charge in [-0.1, -0.05) is 12.1 Å². The highest BCUT2D eigenvalue weighted by atomic mass is 19.1. The van der Waals surface area contributed by atoms with Gasteiger partial charge in [0.25, 0.3) is 5.91 Å². The lowest BCUT2D eigenvalue weighted by Gasteiger charge is -2.58. The van der Waals surface area contributed by atoms with E-state index in [9.17, 15) is 15.0 Å². The molecule has 1 aromatic heterocycles. The third-order valence-electron chi connectivity index (χ3n) is 9.44. The summed E-state index contributed by atoms with van der Waals surface area (Å²) in [6.07, 6.45) is 4.55. The molecule has 1 aliphatic heterocycles. The number of halogens is 1. The van der Waals surface area contributed by atoms with E-state index in [0.29, 0.717) is 37.4 Å². The van der Waals surface area contributed by atoms with Gasteiger partial charge in [0.2, 0.25) is 0 Å². The first-order chi connectivity index (χ1) is 18.0. The number of benzene rings is 1. The topological polar surface area (TPSA) is 88.9 Å². The van der Waals surface area contributed by atoms with Crippen molar-refractivity contribution in [2.45, 2.75) is 76.2 Å². The van der Waals surface area contributed by atoms with Gasteiger partial charge in [0.1, 0.15) is 5.69 Å². The smallest absolute Gasteiger partial charge is 0.270 e. The van der Waals surface area contributed by atoms with Crippen LogP contribution in [0.5, 0.6) is 0 Å². The first kappa shape index (κ1) is 25.6. The molecule has 4 aliphatic carbocycles. The second-order valence-corrected chi connectivity index (χ2v) is 12.8. The number of nitrogens with one attached hydrogen (secondary N) is 1. The maximum Gasteiger partial charge on any atom is 0.270 e.